The number of hydrogen-bond donors (Lipinski definition) is 1. The van der Waals surface area contributed by atoms with Crippen LogP contribution in [0.1, 0.15) is 17.2 Å². The first-order valence-corrected chi connectivity index (χ1v) is 11.6. The van der Waals surface area contributed by atoms with Crippen LogP contribution >= 0.6 is 0 Å². The minimum atomic E-state index is -0.268. The second-order valence-electron chi connectivity index (χ2n) is 8.55. The number of rotatable bonds is 7. The van der Waals surface area contributed by atoms with Crippen molar-refractivity contribution in [3.05, 3.63) is 65.5 Å². The highest BCUT2D eigenvalue weighted by Gasteiger charge is 2.26. The van der Waals surface area contributed by atoms with Gasteiger partial charge in [-0.05, 0) is 23.8 Å². The zero-order valence-corrected chi connectivity index (χ0v) is 19.2. The topological polar surface area (TPSA) is 57.3 Å². The Kier molecular flexibility index (Phi) is 8.15. The van der Waals surface area contributed by atoms with Crippen LogP contribution < -0.4 is 10.1 Å². The largest absolute Gasteiger partial charge is 0.496 e. The number of methoxy groups -OCH3 is 1. The standard InChI is InChI=1S/C25H33FN4O3/c1-32-24-8-7-22(26)17-21(24)18-28-9-11-30(12-10-28)25(31)27-23(20-5-3-2-4-6-20)19-29-13-15-33-16-14-29/h2-8,17,23H,9-16,18-19H2,1H3,(H,27,31). The number of benzene rings is 2. The average molecular weight is 457 g/mol. The van der Waals surface area contributed by atoms with Crippen LogP contribution in [-0.2, 0) is 11.3 Å². The Bertz CT molecular complexity index is 900. The molecule has 0 aliphatic carbocycles. The highest BCUT2D eigenvalue weighted by atomic mass is 19.1. The SMILES string of the molecule is COc1ccc(F)cc1CN1CCN(C(=O)NC(CN2CCOCC2)c2ccccc2)CC1. The summed E-state index contributed by atoms with van der Waals surface area (Å²) in [5.41, 5.74) is 1.93. The van der Waals surface area contributed by atoms with E-state index in [0.717, 1.165) is 57.1 Å². The predicted octanol–water partition coefficient (Wildman–Crippen LogP) is 2.74. The number of urea groups is 1. The van der Waals surface area contributed by atoms with E-state index in [9.17, 15) is 9.18 Å². The van der Waals surface area contributed by atoms with Crippen LogP contribution in [0.25, 0.3) is 0 Å². The van der Waals surface area contributed by atoms with Crippen LogP contribution in [-0.4, -0.2) is 86.9 Å². The molecule has 2 aliphatic heterocycles. The van der Waals surface area contributed by atoms with Crippen LogP contribution in [0.2, 0.25) is 0 Å². The summed E-state index contributed by atoms with van der Waals surface area (Å²) in [6.45, 7) is 7.28. The zero-order chi connectivity index (χ0) is 23.0. The summed E-state index contributed by atoms with van der Waals surface area (Å²) < 4.78 is 24.5. The molecule has 0 radical (unpaired) electrons. The van der Waals surface area contributed by atoms with Crippen LogP contribution in [0, 0.1) is 5.82 Å². The second-order valence-corrected chi connectivity index (χ2v) is 8.55. The molecule has 1 N–H and O–H groups in total. The van der Waals surface area contributed by atoms with Crippen molar-refractivity contribution in [3.63, 3.8) is 0 Å². The van der Waals surface area contributed by atoms with E-state index in [1.165, 1.54) is 12.1 Å². The van der Waals surface area contributed by atoms with Gasteiger partial charge in [-0.3, -0.25) is 9.80 Å². The van der Waals surface area contributed by atoms with E-state index in [2.05, 4.69) is 27.2 Å². The maximum absolute atomic E-state index is 13.7. The molecule has 0 spiro atoms. The fourth-order valence-electron chi connectivity index (χ4n) is 4.42. The summed E-state index contributed by atoms with van der Waals surface area (Å²) in [7, 11) is 1.60. The molecule has 1 atom stereocenters. The molecular weight excluding hydrogens is 423 g/mol. The van der Waals surface area contributed by atoms with Gasteiger partial charge < -0.3 is 19.7 Å². The lowest BCUT2D eigenvalue weighted by Crippen LogP contribution is -2.53. The van der Waals surface area contributed by atoms with Crippen LogP contribution in [0.3, 0.4) is 0 Å². The average Bonchev–Trinajstić information content (AvgIpc) is 2.85. The Labute approximate surface area is 195 Å². The molecule has 2 aromatic rings. The van der Waals surface area contributed by atoms with E-state index >= 15 is 0 Å². The Hall–Kier alpha value is -2.68. The highest BCUT2D eigenvalue weighted by molar-refractivity contribution is 5.75. The van der Waals surface area contributed by atoms with E-state index in [-0.39, 0.29) is 17.9 Å². The van der Waals surface area contributed by atoms with Crippen molar-refractivity contribution in [2.75, 3.05) is 66.1 Å². The molecule has 4 rings (SSSR count). The number of carbonyl (C=O) groups is 1. The fraction of sp³-hybridized carbons (Fsp3) is 0.480. The first-order chi connectivity index (χ1) is 16.1. The summed E-state index contributed by atoms with van der Waals surface area (Å²) in [5.74, 6) is 0.418. The van der Waals surface area contributed by atoms with Gasteiger partial charge in [0, 0.05) is 57.9 Å². The maximum Gasteiger partial charge on any atom is 0.318 e. The molecule has 2 amide bonds. The zero-order valence-electron chi connectivity index (χ0n) is 19.2. The molecule has 2 saturated heterocycles. The third-order valence-corrected chi connectivity index (χ3v) is 6.34. The molecule has 7 nitrogen and oxygen atoms in total. The number of carbonyl (C=O) groups excluding carboxylic acids is 1. The van der Waals surface area contributed by atoms with Crippen molar-refractivity contribution < 1.29 is 18.7 Å². The lowest BCUT2D eigenvalue weighted by molar-refractivity contribution is 0.0335. The number of morpholine rings is 1. The van der Waals surface area contributed by atoms with Gasteiger partial charge in [-0.25, -0.2) is 9.18 Å². The van der Waals surface area contributed by atoms with Crippen LogP contribution in [0.15, 0.2) is 48.5 Å². The molecular formula is C25H33FN4O3. The monoisotopic (exact) mass is 456 g/mol. The number of nitrogens with zero attached hydrogens (tertiary/aromatic N) is 3. The second kappa shape index (κ2) is 11.4. The molecule has 0 saturated carbocycles. The molecule has 0 aromatic heterocycles. The fourth-order valence-corrected chi connectivity index (χ4v) is 4.42. The van der Waals surface area contributed by atoms with Gasteiger partial charge >= 0.3 is 6.03 Å². The summed E-state index contributed by atoms with van der Waals surface area (Å²) in [6.07, 6.45) is 0. The summed E-state index contributed by atoms with van der Waals surface area (Å²) in [5, 5.41) is 3.26. The van der Waals surface area contributed by atoms with Gasteiger partial charge in [-0.2, -0.15) is 0 Å². The molecule has 33 heavy (non-hydrogen) atoms. The van der Waals surface area contributed by atoms with Gasteiger partial charge in [0.1, 0.15) is 11.6 Å². The van der Waals surface area contributed by atoms with Gasteiger partial charge in [0.25, 0.3) is 0 Å². The van der Waals surface area contributed by atoms with Crippen molar-refractivity contribution in [1.29, 1.82) is 0 Å². The Balaban J connectivity index is 1.33. The Morgan fingerprint density at radius 3 is 2.45 bits per heavy atom. The van der Waals surface area contributed by atoms with Crippen molar-refractivity contribution in [2.24, 2.45) is 0 Å². The van der Waals surface area contributed by atoms with E-state index in [0.29, 0.717) is 25.4 Å². The molecule has 178 valence electrons. The molecule has 1 unspecified atom stereocenters. The first-order valence-electron chi connectivity index (χ1n) is 11.6. The number of piperazine rings is 1. The highest BCUT2D eigenvalue weighted by Crippen LogP contribution is 2.22. The predicted molar refractivity (Wildman–Crippen MR) is 125 cm³/mol. The number of halogens is 1. The van der Waals surface area contributed by atoms with Gasteiger partial charge in [0.15, 0.2) is 0 Å². The van der Waals surface area contributed by atoms with Crippen molar-refractivity contribution >= 4 is 6.03 Å². The number of hydrogen-bond acceptors (Lipinski definition) is 5. The van der Waals surface area contributed by atoms with Gasteiger partial charge in [-0.1, -0.05) is 30.3 Å². The van der Waals surface area contributed by atoms with Gasteiger partial charge in [0.2, 0.25) is 0 Å². The quantitative estimate of drug-likeness (QED) is 0.695. The third kappa shape index (κ3) is 6.43. The van der Waals surface area contributed by atoms with E-state index < -0.39 is 0 Å². The third-order valence-electron chi connectivity index (χ3n) is 6.34. The first kappa shape index (κ1) is 23.5. The lowest BCUT2D eigenvalue weighted by atomic mass is 10.1. The smallest absolute Gasteiger partial charge is 0.318 e. The van der Waals surface area contributed by atoms with Crippen LogP contribution in [0.4, 0.5) is 9.18 Å². The minimum absolute atomic E-state index is 0.0416. The molecule has 0 bridgehead atoms. The minimum Gasteiger partial charge on any atom is -0.496 e. The summed E-state index contributed by atoms with van der Waals surface area (Å²) in [6, 6.07) is 14.6. The van der Waals surface area contributed by atoms with Crippen molar-refractivity contribution in [2.45, 2.75) is 12.6 Å². The van der Waals surface area contributed by atoms with Crippen molar-refractivity contribution in [1.82, 2.24) is 20.0 Å². The number of ether oxygens (including phenoxy) is 2. The molecule has 2 heterocycles. The maximum atomic E-state index is 13.7. The van der Waals surface area contributed by atoms with Crippen LogP contribution in [0.5, 0.6) is 5.75 Å². The molecule has 2 aromatic carbocycles. The summed E-state index contributed by atoms with van der Waals surface area (Å²) >= 11 is 0. The van der Waals surface area contributed by atoms with Crippen molar-refractivity contribution in [3.8, 4) is 5.75 Å². The molecule has 8 heteroatoms. The molecule has 2 fully saturated rings. The number of nitrogens with one attached hydrogen (secondary N) is 1. The Morgan fingerprint density at radius 2 is 1.76 bits per heavy atom. The van der Waals surface area contributed by atoms with Gasteiger partial charge in [0.05, 0.1) is 26.4 Å². The summed E-state index contributed by atoms with van der Waals surface area (Å²) in [4.78, 5) is 19.6. The Morgan fingerprint density at radius 1 is 1.03 bits per heavy atom. The van der Waals surface area contributed by atoms with E-state index in [1.54, 1.807) is 13.2 Å². The molecule has 2 aliphatic rings. The van der Waals surface area contributed by atoms with E-state index in [1.807, 2.05) is 23.1 Å². The normalized spacial score (nSPS) is 18.7. The van der Waals surface area contributed by atoms with E-state index in [4.69, 9.17) is 9.47 Å². The number of amides is 2. The lowest BCUT2D eigenvalue weighted by Gasteiger charge is -2.36. The van der Waals surface area contributed by atoms with Gasteiger partial charge in [-0.15, -0.1) is 0 Å².